The SMILES string of the molecule is Cc1ccc(CN(C(=O)CN(c2cccc(Cl)c2C)S(=O)(=O)c2ccccc2)[C@@H](Cc2ccccc2)C(=O)NC(C)(C)C)cc1. The number of carbonyl (C=O) groups is 2. The molecular weight excluding hydrogens is 606 g/mol. The number of amides is 2. The van der Waals surface area contributed by atoms with Crippen molar-refractivity contribution < 1.29 is 18.0 Å². The van der Waals surface area contributed by atoms with Gasteiger partial charge in [0.25, 0.3) is 10.0 Å². The monoisotopic (exact) mass is 645 g/mol. The van der Waals surface area contributed by atoms with Crippen LogP contribution in [0.1, 0.15) is 43.0 Å². The highest BCUT2D eigenvalue weighted by Gasteiger charge is 2.36. The highest BCUT2D eigenvalue weighted by Crippen LogP contribution is 2.31. The summed E-state index contributed by atoms with van der Waals surface area (Å²) in [7, 11) is -4.21. The van der Waals surface area contributed by atoms with Crippen molar-refractivity contribution in [2.45, 2.75) is 64.1 Å². The van der Waals surface area contributed by atoms with Crippen LogP contribution in [-0.2, 0) is 32.6 Å². The number of carbonyl (C=O) groups excluding carboxylic acids is 2. The zero-order chi connectivity index (χ0) is 32.8. The minimum absolute atomic E-state index is 0.0357. The zero-order valence-electron chi connectivity index (χ0n) is 26.3. The molecule has 0 aliphatic rings. The normalized spacial score (nSPS) is 12.3. The van der Waals surface area contributed by atoms with Crippen LogP contribution in [-0.4, -0.2) is 43.3 Å². The number of aryl methyl sites for hydroxylation is 1. The van der Waals surface area contributed by atoms with Gasteiger partial charge in [0.05, 0.1) is 10.6 Å². The molecule has 9 heteroatoms. The lowest BCUT2D eigenvalue weighted by molar-refractivity contribution is -0.140. The van der Waals surface area contributed by atoms with E-state index in [0.29, 0.717) is 10.6 Å². The summed E-state index contributed by atoms with van der Waals surface area (Å²) >= 11 is 6.45. The lowest BCUT2D eigenvalue weighted by Crippen LogP contribution is -2.56. The van der Waals surface area contributed by atoms with Crippen LogP contribution < -0.4 is 9.62 Å². The number of nitrogens with zero attached hydrogens (tertiary/aromatic N) is 2. The first-order valence-corrected chi connectivity index (χ1v) is 16.6. The molecule has 1 N–H and O–H groups in total. The van der Waals surface area contributed by atoms with Crippen LogP contribution in [0.2, 0.25) is 5.02 Å². The molecule has 45 heavy (non-hydrogen) atoms. The van der Waals surface area contributed by atoms with Gasteiger partial charge in [-0.3, -0.25) is 13.9 Å². The molecule has 7 nitrogen and oxygen atoms in total. The van der Waals surface area contributed by atoms with Crippen molar-refractivity contribution in [1.82, 2.24) is 10.2 Å². The van der Waals surface area contributed by atoms with E-state index in [2.05, 4.69) is 5.32 Å². The number of hydrogen-bond donors (Lipinski definition) is 1. The van der Waals surface area contributed by atoms with E-state index in [1.807, 2.05) is 82.3 Å². The Bertz CT molecular complexity index is 1720. The van der Waals surface area contributed by atoms with Crippen molar-refractivity contribution in [3.05, 3.63) is 130 Å². The van der Waals surface area contributed by atoms with Crippen molar-refractivity contribution in [2.75, 3.05) is 10.8 Å². The van der Waals surface area contributed by atoms with Crippen molar-refractivity contribution in [1.29, 1.82) is 0 Å². The maximum atomic E-state index is 14.6. The standard InChI is InChI=1S/C36H40ClN3O4S/c1-26-19-21-29(22-20-26)24-39(33(35(42)38-36(3,4)5)23-28-13-8-6-9-14-28)34(41)25-40(32-18-12-17-31(37)27(32)2)45(43,44)30-15-10-7-11-16-30/h6-22,33H,23-25H2,1-5H3,(H,38,42)/t33-/m0/s1. The molecule has 0 fully saturated rings. The molecule has 0 aromatic heterocycles. The van der Waals surface area contributed by atoms with Gasteiger partial charge in [0.15, 0.2) is 0 Å². The molecule has 0 saturated carbocycles. The Kier molecular flexibility index (Phi) is 10.7. The van der Waals surface area contributed by atoms with Crippen LogP contribution in [0, 0.1) is 13.8 Å². The van der Waals surface area contributed by atoms with Gasteiger partial charge in [-0.15, -0.1) is 0 Å². The summed E-state index contributed by atoms with van der Waals surface area (Å²) in [6, 6.07) is 29.2. The van der Waals surface area contributed by atoms with Gasteiger partial charge in [-0.05, 0) is 75.6 Å². The van der Waals surface area contributed by atoms with E-state index in [9.17, 15) is 18.0 Å². The van der Waals surface area contributed by atoms with Crippen LogP contribution in [0.15, 0.2) is 108 Å². The van der Waals surface area contributed by atoms with E-state index < -0.39 is 34.1 Å². The van der Waals surface area contributed by atoms with Gasteiger partial charge in [-0.1, -0.05) is 96.0 Å². The first-order valence-electron chi connectivity index (χ1n) is 14.8. The Balaban J connectivity index is 1.84. The highest BCUT2D eigenvalue weighted by atomic mass is 35.5. The molecule has 0 aliphatic carbocycles. The molecular formula is C36H40ClN3O4S. The quantitative estimate of drug-likeness (QED) is 0.197. The third-order valence-electron chi connectivity index (χ3n) is 7.36. The molecule has 236 valence electrons. The Hall–Kier alpha value is -4.14. The second-order valence-corrected chi connectivity index (χ2v) is 14.4. The van der Waals surface area contributed by atoms with Crippen molar-refractivity contribution in [3.8, 4) is 0 Å². The van der Waals surface area contributed by atoms with Crippen LogP contribution >= 0.6 is 11.6 Å². The second kappa shape index (κ2) is 14.3. The summed E-state index contributed by atoms with van der Waals surface area (Å²) in [4.78, 5) is 30.1. The average Bonchev–Trinajstić information content (AvgIpc) is 3.00. The van der Waals surface area contributed by atoms with Crippen LogP contribution in [0.25, 0.3) is 0 Å². The predicted octanol–water partition coefficient (Wildman–Crippen LogP) is 6.71. The van der Waals surface area contributed by atoms with E-state index in [1.165, 1.54) is 17.0 Å². The first kappa shape index (κ1) is 33.7. The Morgan fingerprint density at radius 3 is 2.00 bits per heavy atom. The van der Waals surface area contributed by atoms with Crippen molar-refractivity contribution in [3.63, 3.8) is 0 Å². The van der Waals surface area contributed by atoms with Gasteiger partial charge in [0.2, 0.25) is 11.8 Å². The van der Waals surface area contributed by atoms with Gasteiger partial charge in [0.1, 0.15) is 12.6 Å². The number of sulfonamides is 1. The third kappa shape index (κ3) is 8.74. The van der Waals surface area contributed by atoms with Crippen molar-refractivity contribution >= 4 is 39.1 Å². The summed E-state index contributed by atoms with van der Waals surface area (Å²) < 4.78 is 29.4. The average molecular weight is 646 g/mol. The fourth-order valence-electron chi connectivity index (χ4n) is 5.00. The van der Waals surface area contributed by atoms with Crippen LogP contribution in [0.3, 0.4) is 0 Å². The molecule has 2 amide bonds. The Morgan fingerprint density at radius 1 is 0.800 bits per heavy atom. The summed E-state index contributed by atoms with van der Waals surface area (Å²) in [6.07, 6.45) is 0.238. The van der Waals surface area contributed by atoms with Gasteiger partial charge < -0.3 is 10.2 Å². The number of halogens is 1. The predicted molar refractivity (Wildman–Crippen MR) is 181 cm³/mol. The lowest BCUT2D eigenvalue weighted by Gasteiger charge is -2.35. The molecule has 4 aromatic rings. The molecule has 1 atom stereocenters. The Morgan fingerprint density at radius 2 is 1.40 bits per heavy atom. The minimum atomic E-state index is -4.21. The summed E-state index contributed by atoms with van der Waals surface area (Å²) in [5, 5.41) is 3.42. The molecule has 0 unspecified atom stereocenters. The smallest absolute Gasteiger partial charge is 0.264 e. The molecule has 0 saturated heterocycles. The molecule has 0 radical (unpaired) electrons. The Labute approximate surface area is 271 Å². The minimum Gasteiger partial charge on any atom is -0.350 e. The summed E-state index contributed by atoms with van der Waals surface area (Å²) in [5.41, 5.74) is 2.97. The third-order valence-corrected chi connectivity index (χ3v) is 9.54. The fourth-order valence-corrected chi connectivity index (χ4v) is 6.66. The van der Waals surface area contributed by atoms with E-state index in [4.69, 9.17) is 11.6 Å². The number of rotatable bonds is 11. The molecule has 0 aliphatic heterocycles. The summed E-state index contributed by atoms with van der Waals surface area (Å²) in [5.74, 6) is -0.859. The van der Waals surface area contributed by atoms with Gasteiger partial charge >= 0.3 is 0 Å². The van der Waals surface area contributed by atoms with E-state index in [-0.39, 0.29) is 29.5 Å². The van der Waals surface area contributed by atoms with Gasteiger partial charge in [-0.2, -0.15) is 0 Å². The summed E-state index contributed by atoms with van der Waals surface area (Å²) in [6.45, 7) is 8.89. The fraction of sp³-hybridized carbons (Fsp3) is 0.278. The maximum Gasteiger partial charge on any atom is 0.264 e. The number of anilines is 1. The lowest BCUT2D eigenvalue weighted by atomic mass is 10.0. The topological polar surface area (TPSA) is 86.8 Å². The molecule has 0 heterocycles. The van der Waals surface area contributed by atoms with E-state index in [0.717, 1.165) is 21.0 Å². The largest absolute Gasteiger partial charge is 0.350 e. The van der Waals surface area contributed by atoms with Crippen molar-refractivity contribution in [2.24, 2.45) is 0 Å². The van der Waals surface area contributed by atoms with Crippen LogP contribution in [0.4, 0.5) is 5.69 Å². The van der Waals surface area contributed by atoms with E-state index in [1.54, 1.807) is 43.3 Å². The molecule has 4 rings (SSSR count). The zero-order valence-corrected chi connectivity index (χ0v) is 27.9. The van der Waals surface area contributed by atoms with Gasteiger partial charge in [-0.25, -0.2) is 8.42 Å². The van der Waals surface area contributed by atoms with E-state index >= 15 is 0 Å². The van der Waals surface area contributed by atoms with Gasteiger partial charge in [0, 0.05) is 23.5 Å². The maximum absolute atomic E-state index is 14.6. The molecule has 0 spiro atoms. The highest BCUT2D eigenvalue weighted by molar-refractivity contribution is 7.92. The second-order valence-electron chi connectivity index (χ2n) is 12.2. The number of nitrogens with one attached hydrogen (secondary N) is 1. The molecule has 4 aromatic carbocycles. The number of benzene rings is 4. The number of hydrogen-bond acceptors (Lipinski definition) is 4. The molecule has 0 bridgehead atoms. The first-order chi connectivity index (χ1) is 21.3. The van der Waals surface area contributed by atoms with Crippen LogP contribution in [0.5, 0.6) is 0 Å².